The number of carbonyl (C=O) groups is 3. The summed E-state index contributed by atoms with van der Waals surface area (Å²) < 4.78 is 5.84. The van der Waals surface area contributed by atoms with Crippen LogP contribution in [0, 0.1) is 13.8 Å². The number of carbonyl (C=O) groups excluding carboxylic acids is 3. The van der Waals surface area contributed by atoms with Crippen molar-refractivity contribution in [3.05, 3.63) is 99.6 Å². The zero-order chi connectivity index (χ0) is 23.5. The first-order valence-corrected chi connectivity index (χ1v) is 10.7. The van der Waals surface area contributed by atoms with Gasteiger partial charge in [0.1, 0.15) is 17.9 Å². The van der Waals surface area contributed by atoms with Crippen LogP contribution in [0.4, 0.5) is 10.5 Å². The summed E-state index contributed by atoms with van der Waals surface area (Å²) in [7, 11) is 0. The normalized spacial score (nSPS) is 15.1. The predicted molar refractivity (Wildman–Crippen MR) is 127 cm³/mol. The molecule has 0 aromatic heterocycles. The summed E-state index contributed by atoms with van der Waals surface area (Å²) in [6.07, 6.45) is 1.44. The maximum Gasteiger partial charge on any atom is 0.335 e. The molecule has 1 fully saturated rings. The average molecular weight is 461 g/mol. The van der Waals surface area contributed by atoms with Gasteiger partial charge in [-0.1, -0.05) is 48.0 Å². The third kappa shape index (κ3) is 4.96. The second-order valence-corrected chi connectivity index (χ2v) is 8.15. The number of nitrogens with one attached hydrogen (secondary N) is 1. The fourth-order valence-electron chi connectivity index (χ4n) is 3.39. The first-order chi connectivity index (χ1) is 15.8. The zero-order valence-corrected chi connectivity index (χ0v) is 18.8. The number of hydrogen-bond donors (Lipinski definition) is 1. The molecule has 0 bridgehead atoms. The molecular formula is C26H21ClN2O4. The topological polar surface area (TPSA) is 75.7 Å². The van der Waals surface area contributed by atoms with Crippen LogP contribution in [0.3, 0.4) is 0 Å². The van der Waals surface area contributed by atoms with Crippen molar-refractivity contribution in [1.82, 2.24) is 5.32 Å². The van der Waals surface area contributed by atoms with Crippen LogP contribution in [0.15, 0.2) is 72.3 Å². The number of anilines is 1. The number of ether oxygens (including phenoxy) is 1. The number of nitrogens with zero attached hydrogens (tertiary/aromatic N) is 1. The maximum atomic E-state index is 12.9. The number of imide groups is 2. The van der Waals surface area contributed by atoms with Crippen molar-refractivity contribution in [2.75, 3.05) is 4.90 Å². The Morgan fingerprint density at radius 2 is 1.70 bits per heavy atom. The molecule has 1 aliphatic rings. The summed E-state index contributed by atoms with van der Waals surface area (Å²) in [5.41, 5.74) is 4.25. The van der Waals surface area contributed by atoms with Gasteiger partial charge in [0, 0.05) is 5.02 Å². The van der Waals surface area contributed by atoms with E-state index in [-0.39, 0.29) is 11.3 Å². The zero-order valence-electron chi connectivity index (χ0n) is 18.1. The summed E-state index contributed by atoms with van der Waals surface area (Å²) in [5.74, 6) is -0.815. The van der Waals surface area contributed by atoms with Gasteiger partial charge in [0.2, 0.25) is 0 Å². The van der Waals surface area contributed by atoms with E-state index in [4.69, 9.17) is 16.3 Å². The fraction of sp³-hybridized carbons (Fsp3) is 0.115. The number of urea groups is 1. The SMILES string of the molecule is Cc1ccc(COc2ccc(/C=C3\C(=O)NC(=O)N(c4cccc(Cl)c4)C3=O)cc2)cc1C. The molecule has 0 spiro atoms. The number of barbiturate groups is 1. The van der Waals surface area contributed by atoms with Crippen LogP contribution < -0.4 is 15.0 Å². The summed E-state index contributed by atoms with van der Waals surface area (Å²) >= 11 is 5.99. The van der Waals surface area contributed by atoms with Gasteiger partial charge < -0.3 is 4.74 Å². The lowest BCUT2D eigenvalue weighted by Crippen LogP contribution is -2.54. The van der Waals surface area contributed by atoms with Gasteiger partial charge in [0.05, 0.1) is 5.69 Å². The minimum absolute atomic E-state index is 0.154. The molecule has 1 heterocycles. The molecule has 33 heavy (non-hydrogen) atoms. The fourth-order valence-corrected chi connectivity index (χ4v) is 3.58. The number of rotatable bonds is 5. The van der Waals surface area contributed by atoms with Crippen LogP contribution in [0.25, 0.3) is 6.08 Å². The molecule has 4 rings (SSSR count). The second-order valence-electron chi connectivity index (χ2n) is 7.71. The highest BCUT2D eigenvalue weighted by Gasteiger charge is 2.36. The summed E-state index contributed by atoms with van der Waals surface area (Å²) in [4.78, 5) is 38.5. The molecule has 0 unspecified atom stereocenters. The van der Waals surface area contributed by atoms with Crippen molar-refractivity contribution in [3.63, 3.8) is 0 Å². The minimum Gasteiger partial charge on any atom is -0.489 e. The molecule has 0 aliphatic carbocycles. The van der Waals surface area contributed by atoms with Gasteiger partial charge in [0.25, 0.3) is 11.8 Å². The summed E-state index contributed by atoms with van der Waals surface area (Å²) in [5, 5.41) is 2.57. The summed E-state index contributed by atoms with van der Waals surface area (Å²) in [6.45, 7) is 4.55. The highest BCUT2D eigenvalue weighted by molar-refractivity contribution is 6.39. The highest BCUT2D eigenvalue weighted by Crippen LogP contribution is 2.25. The summed E-state index contributed by atoms with van der Waals surface area (Å²) in [6, 6.07) is 18.7. The van der Waals surface area contributed by atoms with Crippen molar-refractivity contribution in [3.8, 4) is 5.75 Å². The number of aryl methyl sites for hydroxylation is 2. The molecular weight excluding hydrogens is 440 g/mol. The molecule has 0 saturated carbocycles. The van der Waals surface area contributed by atoms with Crippen LogP contribution in [-0.4, -0.2) is 17.8 Å². The Hall–Kier alpha value is -3.90. The number of hydrogen-bond acceptors (Lipinski definition) is 4. The van der Waals surface area contributed by atoms with E-state index in [2.05, 4.69) is 31.3 Å². The van der Waals surface area contributed by atoms with Gasteiger partial charge in [-0.2, -0.15) is 0 Å². The van der Waals surface area contributed by atoms with E-state index in [0.29, 0.717) is 22.9 Å². The monoisotopic (exact) mass is 460 g/mol. The molecule has 166 valence electrons. The molecule has 1 N–H and O–H groups in total. The first kappa shape index (κ1) is 22.3. The van der Waals surface area contributed by atoms with Gasteiger partial charge in [-0.15, -0.1) is 0 Å². The Kier molecular flexibility index (Phi) is 6.29. The van der Waals surface area contributed by atoms with E-state index in [1.165, 1.54) is 23.3 Å². The number of halogens is 1. The van der Waals surface area contributed by atoms with Crippen LogP contribution in [0.2, 0.25) is 5.02 Å². The lowest BCUT2D eigenvalue weighted by atomic mass is 10.1. The highest BCUT2D eigenvalue weighted by atomic mass is 35.5. The van der Waals surface area contributed by atoms with Gasteiger partial charge in [-0.05, 0) is 72.5 Å². The van der Waals surface area contributed by atoms with E-state index in [1.54, 1.807) is 42.5 Å². The molecule has 1 saturated heterocycles. The van der Waals surface area contributed by atoms with Crippen LogP contribution in [-0.2, 0) is 16.2 Å². The molecule has 0 radical (unpaired) electrons. The van der Waals surface area contributed by atoms with E-state index in [0.717, 1.165) is 10.5 Å². The Bertz CT molecular complexity index is 1280. The predicted octanol–water partition coefficient (Wildman–Crippen LogP) is 5.20. The van der Waals surface area contributed by atoms with Crippen molar-refractivity contribution in [2.24, 2.45) is 0 Å². The lowest BCUT2D eigenvalue weighted by Gasteiger charge is -2.26. The van der Waals surface area contributed by atoms with E-state index >= 15 is 0 Å². The van der Waals surface area contributed by atoms with Crippen LogP contribution in [0.5, 0.6) is 5.75 Å². The lowest BCUT2D eigenvalue weighted by molar-refractivity contribution is -0.122. The minimum atomic E-state index is -0.820. The Labute approximate surface area is 196 Å². The third-order valence-corrected chi connectivity index (χ3v) is 5.57. The van der Waals surface area contributed by atoms with Crippen molar-refractivity contribution < 1.29 is 19.1 Å². The van der Waals surface area contributed by atoms with E-state index < -0.39 is 17.8 Å². The molecule has 7 heteroatoms. The van der Waals surface area contributed by atoms with Crippen molar-refractivity contribution >= 4 is 41.2 Å². The maximum absolute atomic E-state index is 12.9. The Balaban J connectivity index is 1.51. The van der Waals surface area contributed by atoms with Crippen molar-refractivity contribution in [2.45, 2.75) is 20.5 Å². The molecule has 3 aromatic rings. The quantitative estimate of drug-likeness (QED) is 0.419. The molecule has 3 aromatic carbocycles. The molecule has 1 aliphatic heterocycles. The van der Waals surface area contributed by atoms with Gasteiger partial charge in [-0.3, -0.25) is 14.9 Å². The van der Waals surface area contributed by atoms with Crippen LogP contribution >= 0.6 is 11.6 Å². The number of amides is 4. The Morgan fingerprint density at radius 3 is 2.39 bits per heavy atom. The number of benzene rings is 3. The molecule has 0 atom stereocenters. The molecule has 6 nitrogen and oxygen atoms in total. The molecule has 4 amide bonds. The average Bonchev–Trinajstić information content (AvgIpc) is 2.78. The smallest absolute Gasteiger partial charge is 0.335 e. The largest absolute Gasteiger partial charge is 0.489 e. The van der Waals surface area contributed by atoms with E-state index in [1.807, 2.05) is 6.07 Å². The van der Waals surface area contributed by atoms with Gasteiger partial charge in [0.15, 0.2) is 0 Å². The first-order valence-electron chi connectivity index (χ1n) is 10.3. The van der Waals surface area contributed by atoms with Crippen LogP contribution in [0.1, 0.15) is 22.3 Å². The standard InChI is InChI=1S/C26H21ClN2O4/c1-16-6-7-19(12-17(16)2)15-33-22-10-8-18(9-11-22)13-23-24(30)28-26(32)29(25(23)31)21-5-3-4-20(27)14-21/h3-14H,15H2,1-2H3,(H,28,30,32)/b23-13+. The third-order valence-electron chi connectivity index (χ3n) is 5.34. The van der Waals surface area contributed by atoms with Gasteiger partial charge in [-0.25, -0.2) is 9.69 Å². The van der Waals surface area contributed by atoms with Gasteiger partial charge >= 0.3 is 6.03 Å². The van der Waals surface area contributed by atoms with Crippen molar-refractivity contribution in [1.29, 1.82) is 0 Å². The Morgan fingerprint density at radius 1 is 0.939 bits per heavy atom. The van der Waals surface area contributed by atoms with E-state index in [9.17, 15) is 14.4 Å². The second kappa shape index (κ2) is 9.30.